The van der Waals surface area contributed by atoms with Crippen LogP contribution in [0, 0.1) is 0 Å². The second-order valence-corrected chi connectivity index (χ2v) is 7.44. The first kappa shape index (κ1) is 14.4. The van der Waals surface area contributed by atoms with Gasteiger partial charge in [0.2, 0.25) is 0 Å². The molecule has 0 aromatic heterocycles. The molecule has 0 bridgehead atoms. The van der Waals surface area contributed by atoms with Crippen LogP contribution in [0.1, 0.15) is 36.2 Å². The summed E-state index contributed by atoms with van der Waals surface area (Å²) >= 11 is 2.03. The zero-order valence-corrected chi connectivity index (χ0v) is 12.4. The highest BCUT2D eigenvalue weighted by atomic mass is 32.2. The van der Waals surface area contributed by atoms with Crippen LogP contribution in [0.15, 0.2) is 24.3 Å². The lowest BCUT2D eigenvalue weighted by Crippen LogP contribution is -2.26. The van der Waals surface area contributed by atoms with Crippen molar-refractivity contribution in [3.63, 3.8) is 0 Å². The zero-order valence-electron chi connectivity index (χ0n) is 11.6. The van der Waals surface area contributed by atoms with Crippen molar-refractivity contribution in [3.8, 4) is 0 Å². The Bertz CT molecular complexity index is 459. The highest BCUT2D eigenvalue weighted by Gasteiger charge is 2.23. The van der Waals surface area contributed by atoms with Crippen molar-refractivity contribution in [2.45, 2.75) is 31.6 Å². The lowest BCUT2D eigenvalue weighted by atomic mass is 10.1. The molecule has 4 heteroatoms. The van der Waals surface area contributed by atoms with Crippen molar-refractivity contribution in [1.29, 1.82) is 0 Å². The van der Waals surface area contributed by atoms with Crippen molar-refractivity contribution in [2.75, 3.05) is 18.8 Å². The molecule has 0 spiro atoms. The van der Waals surface area contributed by atoms with Crippen molar-refractivity contribution in [3.05, 3.63) is 35.4 Å². The second-order valence-electron chi connectivity index (χ2n) is 5.64. The van der Waals surface area contributed by atoms with Gasteiger partial charge in [-0.25, -0.2) is 4.79 Å². The first-order valence-electron chi connectivity index (χ1n) is 6.65. The molecule has 0 aliphatic carbocycles. The first-order valence-corrected chi connectivity index (χ1v) is 7.63. The van der Waals surface area contributed by atoms with E-state index in [1.807, 2.05) is 23.9 Å². The maximum atomic E-state index is 11.0. The van der Waals surface area contributed by atoms with Crippen molar-refractivity contribution >= 4 is 17.7 Å². The normalized spacial score (nSPS) is 19.9. The van der Waals surface area contributed by atoms with E-state index in [1.54, 1.807) is 12.1 Å². The van der Waals surface area contributed by atoms with Gasteiger partial charge < -0.3 is 5.11 Å². The van der Waals surface area contributed by atoms with Gasteiger partial charge in [-0.15, -0.1) is 0 Å². The van der Waals surface area contributed by atoms with E-state index in [0.29, 0.717) is 10.3 Å². The maximum Gasteiger partial charge on any atom is 0.335 e. The molecular weight excluding hydrogens is 258 g/mol. The van der Waals surface area contributed by atoms with Crippen LogP contribution >= 0.6 is 11.8 Å². The van der Waals surface area contributed by atoms with E-state index in [0.717, 1.165) is 31.0 Å². The Kier molecular flexibility index (Phi) is 4.53. The SMILES string of the molecule is CC1(C)CCN(Cc2cccc(C(=O)O)c2)CCS1. The van der Waals surface area contributed by atoms with Gasteiger partial charge in [-0.1, -0.05) is 26.0 Å². The highest BCUT2D eigenvalue weighted by Crippen LogP contribution is 2.31. The molecule has 1 aliphatic heterocycles. The van der Waals surface area contributed by atoms with Crippen LogP contribution in [-0.4, -0.2) is 39.6 Å². The predicted molar refractivity (Wildman–Crippen MR) is 79.8 cm³/mol. The van der Waals surface area contributed by atoms with Gasteiger partial charge in [0.25, 0.3) is 0 Å². The Morgan fingerprint density at radius 1 is 1.42 bits per heavy atom. The molecule has 19 heavy (non-hydrogen) atoms. The number of carboxylic acid groups (broad SMARTS) is 1. The third-order valence-electron chi connectivity index (χ3n) is 3.51. The van der Waals surface area contributed by atoms with Gasteiger partial charge in [0.05, 0.1) is 5.56 Å². The Morgan fingerprint density at radius 3 is 2.95 bits per heavy atom. The van der Waals surface area contributed by atoms with E-state index in [2.05, 4.69) is 18.7 Å². The van der Waals surface area contributed by atoms with Crippen LogP contribution in [0.4, 0.5) is 0 Å². The number of carbonyl (C=O) groups is 1. The number of nitrogens with zero attached hydrogens (tertiary/aromatic N) is 1. The fourth-order valence-electron chi connectivity index (χ4n) is 2.28. The minimum atomic E-state index is -0.852. The van der Waals surface area contributed by atoms with Crippen LogP contribution in [0.2, 0.25) is 0 Å². The molecule has 1 aromatic carbocycles. The van der Waals surface area contributed by atoms with Gasteiger partial charge in [0.1, 0.15) is 0 Å². The molecule has 1 aliphatic rings. The summed E-state index contributed by atoms with van der Waals surface area (Å²) in [7, 11) is 0. The van der Waals surface area contributed by atoms with Crippen LogP contribution < -0.4 is 0 Å². The quantitative estimate of drug-likeness (QED) is 0.923. The van der Waals surface area contributed by atoms with E-state index in [9.17, 15) is 4.79 Å². The van der Waals surface area contributed by atoms with Crippen molar-refractivity contribution < 1.29 is 9.90 Å². The molecular formula is C15H21NO2S. The summed E-state index contributed by atoms with van der Waals surface area (Å²) in [5, 5.41) is 9.01. The Balaban J connectivity index is 2.01. The molecule has 1 heterocycles. The molecule has 1 saturated heterocycles. The molecule has 1 fully saturated rings. The summed E-state index contributed by atoms with van der Waals surface area (Å²) in [6.07, 6.45) is 1.18. The zero-order chi connectivity index (χ0) is 13.9. The van der Waals surface area contributed by atoms with E-state index >= 15 is 0 Å². The van der Waals surface area contributed by atoms with Gasteiger partial charge in [-0.05, 0) is 30.7 Å². The van der Waals surface area contributed by atoms with Crippen LogP contribution in [0.5, 0.6) is 0 Å². The summed E-state index contributed by atoms with van der Waals surface area (Å²) < 4.78 is 0.359. The molecule has 1 aromatic rings. The molecule has 0 unspecified atom stereocenters. The molecule has 2 rings (SSSR count). The number of hydrogen-bond acceptors (Lipinski definition) is 3. The monoisotopic (exact) mass is 279 g/mol. The average Bonchev–Trinajstić information content (AvgIpc) is 2.51. The van der Waals surface area contributed by atoms with Crippen molar-refractivity contribution in [1.82, 2.24) is 4.90 Å². The molecule has 1 N–H and O–H groups in total. The smallest absolute Gasteiger partial charge is 0.335 e. The summed E-state index contributed by atoms with van der Waals surface area (Å²) in [6, 6.07) is 7.27. The fraction of sp³-hybridized carbons (Fsp3) is 0.533. The second kappa shape index (κ2) is 5.97. The molecule has 3 nitrogen and oxygen atoms in total. The highest BCUT2D eigenvalue weighted by molar-refractivity contribution is 8.00. The number of carboxylic acids is 1. The summed E-state index contributed by atoms with van der Waals surface area (Å²) in [6.45, 7) is 7.60. The number of benzene rings is 1. The molecule has 0 atom stereocenters. The van der Waals surface area contributed by atoms with Gasteiger partial charge in [0, 0.05) is 23.6 Å². The van der Waals surface area contributed by atoms with E-state index < -0.39 is 5.97 Å². The predicted octanol–water partition coefficient (Wildman–Crippen LogP) is 3.10. The summed E-state index contributed by atoms with van der Waals surface area (Å²) in [4.78, 5) is 13.4. The minimum absolute atomic E-state index is 0.359. The molecule has 0 saturated carbocycles. The van der Waals surface area contributed by atoms with E-state index in [1.165, 1.54) is 6.42 Å². The molecule has 104 valence electrons. The van der Waals surface area contributed by atoms with Crippen molar-refractivity contribution in [2.24, 2.45) is 0 Å². The molecule has 0 amide bonds. The Morgan fingerprint density at radius 2 is 2.21 bits per heavy atom. The number of thioether (sulfide) groups is 1. The standard InChI is InChI=1S/C15H21NO2S/c1-15(2)6-7-16(8-9-19-15)11-12-4-3-5-13(10-12)14(17)18/h3-5,10H,6-9,11H2,1-2H3,(H,17,18). The van der Waals surface area contributed by atoms with Crippen LogP contribution in [-0.2, 0) is 6.54 Å². The summed E-state index contributed by atoms with van der Waals surface area (Å²) in [5.41, 5.74) is 1.46. The third kappa shape index (κ3) is 4.25. The Labute approximate surface area is 119 Å². The Hall–Kier alpha value is -1.00. The first-order chi connectivity index (χ1) is 8.96. The van der Waals surface area contributed by atoms with E-state index in [4.69, 9.17) is 5.11 Å². The van der Waals surface area contributed by atoms with Crippen LogP contribution in [0.25, 0.3) is 0 Å². The number of rotatable bonds is 3. The third-order valence-corrected chi connectivity index (χ3v) is 4.88. The average molecular weight is 279 g/mol. The largest absolute Gasteiger partial charge is 0.478 e. The summed E-state index contributed by atoms with van der Waals surface area (Å²) in [5.74, 6) is 0.292. The number of hydrogen-bond donors (Lipinski definition) is 1. The number of aromatic carboxylic acids is 1. The van der Waals surface area contributed by atoms with Gasteiger partial charge in [-0.2, -0.15) is 11.8 Å². The molecule has 0 radical (unpaired) electrons. The lowest BCUT2D eigenvalue weighted by Gasteiger charge is -2.22. The van der Waals surface area contributed by atoms with Gasteiger partial charge in [0.15, 0.2) is 0 Å². The van der Waals surface area contributed by atoms with Gasteiger partial charge >= 0.3 is 5.97 Å². The topological polar surface area (TPSA) is 40.5 Å². The van der Waals surface area contributed by atoms with Crippen LogP contribution in [0.3, 0.4) is 0 Å². The van der Waals surface area contributed by atoms with Gasteiger partial charge in [-0.3, -0.25) is 4.90 Å². The lowest BCUT2D eigenvalue weighted by molar-refractivity contribution is 0.0696. The minimum Gasteiger partial charge on any atom is -0.478 e. The maximum absolute atomic E-state index is 11.0. The fourth-order valence-corrected chi connectivity index (χ4v) is 3.42. The van der Waals surface area contributed by atoms with E-state index in [-0.39, 0.29) is 0 Å².